The average Bonchev–Trinajstić information content (AvgIpc) is 2.81. The number of esters is 1. The lowest BCUT2D eigenvalue weighted by Gasteiger charge is -2.39. The third-order valence-electron chi connectivity index (χ3n) is 4.97. The van der Waals surface area contributed by atoms with E-state index in [1.807, 2.05) is 38.2 Å². The van der Waals surface area contributed by atoms with Crippen molar-refractivity contribution in [1.82, 2.24) is 0 Å². The zero-order valence-electron chi connectivity index (χ0n) is 20.2. The van der Waals surface area contributed by atoms with E-state index in [0.29, 0.717) is 0 Å². The van der Waals surface area contributed by atoms with E-state index in [-0.39, 0.29) is 11.1 Å². The van der Waals surface area contributed by atoms with Crippen LogP contribution in [0.2, 0.25) is 0 Å². The van der Waals surface area contributed by atoms with Crippen LogP contribution in [0, 0.1) is 0 Å². The van der Waals surface area contributed by atoms with E-state index in [2.05, 4.69) is 0 Å². The molecule has 1 aliphatic heterocycles. The molecule has 0 aliphatic carbocycles. The van der Waals surface area contributed by atoms with Gasteiger partial charge in [0.05, 0.1) is 6.61 Å². The molecular formula is C26H34O9. The lowest BCUT2D eigenvalue weighted by Crippen LogP contribution is -2.59. The van der Waals surface area contributed by atoms with Gasteiger partial charge in [-0.2, -0.15) is 0 Å². The van der Waals surface area contributed by atoms with Gasteiger partial charge in [-0.3, -0.25) is 0 Å². The van der Waals surface area contributed by atoms with Gasteiger partial charge in [0, 0.05) is 11.1 Å². The maximum absolute atomic E-state index is 12.2. The fourth-order valence-corrected chi connectivity index (χ4v) is 2.72. The smallest absolute Gasteiger partial charge is 0.336 e. The molecule has 5 atom stereocenters. The number of hydrogen-bond donors (Lipinski definition) is 5. The number of hydrogen-bond acceptors (Lipinski definition) is 8. The van der Waals surface area contributed by atoms with Gasteiger partial charge in [-0.15, -0.1) is 0 Å². The molecule has 1 fully saturated rings. The lowest BCUT2D eigenvalue weighted by atomic mass is 9.99. The van der Waals surface area contributed by atoms with Crippen LogP contribution >= 0.6 is 0 Å². The van der Waals surface area contributed by atoms with Crippen LogP contribution in [-0.2, 0) is 19.1 Å². The summed E-state index contributed by atoms with van der Waals surface area (Å²) in [4.78, 5) is 23.0. The van der Waals surface area contributed by atoms with Gasteiger partial charge < -0.3 is 35.0 Å². The molecule has 1 rings (SSSR count). The number of carbonyl (C=O) groups is 2. The molecule has 192 valence electrons. The summed E-state index contributed by atoms with van der Waals surface area (Å²) < 4.78 is 10.2. The highest BCUT2D eigenvalue weighted by atomic mass is 16.7. The van der Waals surface area contributed by atoms with Gasteiger partial charge >= 0.3 is 11.9 Å². The molecule has 1 aliphatic rings. The van der Waals surface area contributed by atoms with E-state index in [1.54, 1.807) is 24.3 Å². The normalized spacial score (nSPS) is 27.3. The van der Waals surface area contributed by atoms with Crippen molar-refractivity contribution in [2.75, 3.05) is 6.61 Å². The van der Waals surface area contributed by atoms with Gasteiger partial charge in [0.25, 0.3) is 0 Å². The number of ether oxygens (including phenoxy) is 2. The van der Waals surface area contributed by atoms with Crippen molar-refractivity contribution in [3.63, 3.8) is 0 Å². The summed E-state index contributed by atoms with van der Waals surface area (Å²) in [6, 6.07) is 0. The monoisotopic (exact) mass is 490 g/mol. The van der Waals surface area contributed by atoms with Gasteiger partial charge in [0.15, 0.2) is 0 Å². The molecule has 9 nitrogen and oxygen atoms in total. The molecule has 0 radical (unpaired) electrons. The highest BCUT2D eigenvalue weighted by Crippen LogP contribution is 2.22. The first-order valence-electron chi connectivity index (χ1n) is 10.9. The number of aliphatic hydroxyl groups excluding tert-OH is 4. The van der Waals surface area contributed by atoms with E-state index >= 15 is 0 Å². The molecule has 0 aromatic carbocycles. The van der Waals surface area contributed by atoms with Crippen molar-refractivity contribution in [2.24, 2.45) is 0 Å². The highest BCUT2D eigenvalue weighted by Gasteiger charge is 2.45. The van der Waals surface area contributed by atoms with Gasteiger partial charge in [0.1, 0.15) is 24.4 Å². The van der Waals surface area contributed by atoms with E-state index in [1.165, 1.54) is 26.0 Å². The quantitative estimate of drug-likeness (QED) is 0.175. The second-order valence-corrected chi connectivity index (χ2v) is 8.03. The highest BCUT2D eigenvalue weighted by molar-refractivity contribution is 5.88. The average molecular weight is 491 g/mol. The van der Waals surface area contributed by atoms with Gasteiger partial charge in [0.2, 0.25) is 6.29 Å². The molecule has 35 heavy (non-hydrogen) atoms. The molecule has 9 heteroatoms. The number of carbonyl (C=O) groups excluding carboxylic acids is 1. The minimum absolute atomic E-state index is 0.207. The summed E-state index contributed by atoms with van der Waals surface area (Å²) in [6.07, 6.45) is 9.79. The molecule has 5 unspecified atom stereocenters. The van der Waals surface area contributed by atoms with Crippen LogP contribution in [0.15, 0.2) is 83.1 Å². The Morgan fingerprint density at radius 3 is 1.77 bits per heavy atom. The zero-order chi connectivity index (χ0) is 26.5. The van der Waals surface area contributed by atoms with Crippen LogP contribution in [0.25, 0.3) is 0 Å². The first kappa shape index (κ1) is 30.0. The summed E-state index contributed by atoms with van der Waals surface area (Å²) in [5.41, 5.74) is 2.29. The summed E-state index contributed by atoms with van der Waals surface area (Å²) in [5, 5.41) is 47.5. The Balaban J connectivity index is 2.64. The van der Waals surface area contributed by atoms with Crippen LogP contribution in [0.4, 0.5) is 0 Å². The van der Waals surface area contributed by atoms with Crippen molar-refractivity contribution in [2.45, 2.75) is 58.4 Å². The van der Waals surface area contributed by atoms with E-state index in [0.717, 1.165) is 11.1 Å². The minimum atomic E-state index is -1.66. The lowest BCUT2D eigenvalue weighted by molar-refractivity contribution is -0.291. The van der Waals surface area contributed by atoms with Crippen LogP contribution in [0.3, 0.4) is 0 Å². The fourth-order valence-electron chi connectivity index (χ4n) is 2.72. The Bertz CT molecular complexity index is 948. The molecule has 1 heterocycles. The van der Waals surface area contributed by atoms with E-state index < -0.39 is 49.3 Å². The van der Waals surface area contributed by atoms with Gasteiger partial charge in [-0.25, -0.2) is 9.59 Å². The van der Waals surface area contributed by atoms with Crippen molar-refractivity contribution >= 4 is 11.9 Å². The first-order chi connectivity index (χ1) is 16.5. The Morgan fingerprint density at radius 2 is 1.29 bits per heavy atom. The SMILES string of the molecule is CC(C=CC=C(C)C(=O)O)=C/C=C/C=C(C)/C=C/C=C(\C)C(=O)OC1OC(CO)C(O)C(O)C1O. The molecule has 0 saturated carbocycles. The molecule has 0 aromatic rings. The Morgan fingerprint density at radius 1 is 0.771 bits per heavy atom. The number of carboxylic acids is 1. The van der Waals surface area contributed by atoms with E-state index in [9.17, 15) is 30.0 Å². The number of aliphatic carboxylic acids is 1. The molecule has 0 aromatic heterocycles. The van der Waals surface area contributed by atoms with E-state index in [4.69, 9.17) is 14.6 Å². The predicted molar refractivity (Wildman–Crippen MR) is 130 cm³/mol. The first-order valence-corrected chi connectivity index (χ1v) is 10.9. The third kappa shape index (κ3) is 10.4. The molecule has 5 N–H and O–H groups in total. The number of carboxylic acid groups (broad SMARTS) is 1. The Kier molecular flexibility index (Phi) is 12.9. The standard InChI is InChI=1S/C26H34O9/c1-16(11-7-13-18(3)24(31)32)9-5-6-10-17(2)12-8-14-19(4)25(33)35-26-23(30)22(29)21(28)20(15-27)34-26/h5-14,20-23,26-30H,15H2,1-4H3,(H,31,32)/b6-5+,11-7?,12-8+,16-9?,17-10+,18-13?,19-14+. The van der Waals surface area contributed by atoms with Crippen LogP contribution < -0.4 is 0 Å². The maximum Gasteiger partial charge on any atom is 0.336 e. The van der Waals surface area contributed by atoms with Crippen molar-refractivity contribution < 1.29 is 44.6 Å². The second-order valence-electron chi connectivity index (χ2n) is 8.03. The van der Waals surface area contributed by atoms with Gasteiger partial charge in [-0.1, -0.05) is 71.9 Å². The summed E-state index contributed by atoms with van der Waals surface area (Å²) in [5.74, 6) is -1.75. The molecule has 1 saturated heterocycles. The number of allylic oxidation sites excluding steroid dienone is 12. The van der Waals surface area contributed by atoms with Crippen molar-refractivity contribution in [3.05, 3.63) is 83.1 Å². The molecular weight excluding hydrogens is 456 g/mol. The predicted octanol–water partition coefficient (Wildman–Crippen LogP) is 1.87. The van der Waals surface area contributed by atoms with Crippen LogP contribution in [-0.4, -0.2) is 74.8 Å². The second kappa shape index (κ2) is 15.0. The molecule has 0 amide bonds. The van der Waals surface area contributed by atoms with Crippen molar-refractivity contribution in [3.8, 4) is 0 Å². The Hall–Kier alpha value is -3.08. The summed E-state index contributed by atoms with van der Waals surface area (Å²) in [6.45, 7) is 6.16. The van der Waals surface area contributed by atoms with Crippen LogP contribution in [0.5, 0.6) is 0 Å². The summed E-state index contributed by atoms with van der Waals surface area (Å²) in [7, 11) is 0. The maximum atomic E-state index is 12.2. The minimum Gasteiger partial charge on any atom is -0.478 e. The fraction of sp³-hybridized carbons (Fsp3) is 0.385. The molecule has 0 spiro atoms. The topological polar surface area (TPSA) is 154 Å². The van der Waals surface area contributed by atoms with Crippen LogP contribution in [0.1, 0.15) is 27.7 Å². The van der Waals surface area contributed by atoms with Gasteiger partial charge in [-0.05, 0) is 27.7 Å². The summed E-state index contributed by atoms with van der Waals surface area (Å²) >= 11 is 0. The number of aliphatic hydroxyl groups is 4. The molecule has 0 bridgehead atoms. The zero-order valence-corrected chi connectivity index (χ0v) is 20.2. The Labute approximate surface area is 205 Å². The van der Waals surface area contributed by atoms with Crippen molar-refractivity contribution in [1.29, 1.82) is 0 Å². The number of rotatable bonds is 10. The third-order valence-corrected chi connectivity index (χ3v) is 4.97. The largest absolute Gasteiger partial charge is 0.478 e.